The number of nitrogens with one attached hydrogen (secondary N) is 1. The van der Waals surface area contributed by atoms with Gasteiger partial charge in [-0.15, -0.1) is 5.01 Å². The molecular formula is C20H21N3O4. The minimum Gasteiger partial charge on any atom is -0.497 e. The number of carbonyl (C=O) groups is 2. The Morgan fingerprint density at radius 2 is 1.70 bits per heavy atom. The maximum atomic E-state index is 13.0. The minimum absolute atomic E-state index is 0.410. The van der Waals surface area contributed by atoms with Crippen LogP contribution in [0.4, 0.5) is 4.79 Å². The van der Waals surface area contributed by atoms with E-state index in [-0.39, 0.29) is 0 Å². The average molecular weight is 367 g/mol. The van der Waals surface area contributed by atoms with Gasteiger partial charge in [-0.25, -0.2) is 4.79 Å². The van der Waals surface area contributed by atoms with Gasteiger partial charge in [0.05, 0.1) is 20.4 Å². The van der Waals surface area contributed by atoms with E-state index in [4.69, 9.17) is 9.47 Å². The molecule has 1 fully saturated rings. The van der Waals surface area contributed by atoms with E-state index >= 15 is 0 Å². The molecule has 7 heteroatoms. The number of benzene rings is 2. The van der Waals surface area contributed by atoms with Gasteiger partial charge >= 0.3 is 6.03 Å². The molecule has 1 saturated heterocycles. The highest BCUT2D eigenvalue weighted by Crippen LogP contribution is 2.32. The average Bonchev–Trinajstić information content (AvgIpc) is 2.97. The lowest BCUT2D eigenvalue weighted by Crippen LogP contribution is -2.43. The summed E-state index contributed by atoms with van der Waals surface area (Å²) in [5.41, 5.74) is 0.258. The number of carbonyl (C=O) groups excluding carboxylic acids is 2. The molecule has 2 aromatic carbocycles. The molecule has 1 N–H and O–H groups in total. The van der Waals surface area contributed by atoms with E-state index in [1.165, 1.54) is 6.21 Å². The first kappa shape index (κ1) is 18.4. The summed E-state index contributed by atoms with van der Waals surface area (Å²) in [4.78, 5) is 25.4. The van der Waals surface area contributed by atoms with Crippen LogP contribution in [0, 0.1) is 0 Å². The van der Waals surface area contributed by atoms with Crippen LogP contribution >= 0.6 is 0 Å². The summed E-state index contributed by atoms with van der Waals surface area (Å²) >= 11 is 0. The molecule has 27 heavy (non-hydrogen) atoms. The van der Waals surface area contributed by atoms with Gasteiger partial charge in [-0.1, -0.05) is 37.3 Å². The van der Waals surface area contributed by atoms with Crippen molar-refractivity contribution in [2.45, 2.75) is 18.9 Å². The second kappa shape index (κ2) is 7.49. The van der Waals surface area contributed by atoms with Gasteiger partial charge in [0.25, 0.3) is 5.91 Å². The van der Waals surface area contributed by atoms with Crippen LogP contribution in [-0.2, 0) is 10.3 Å². The van der Waals surface area contributed by atoms with Crippen molar-refractivity contribution >= 4 is 18.2 Å². The topological polar surface area (TPSA) is 80.2 Å². The maximum Gasteiger partial charge on any atom is 0.346 e. The fourth-order valence-electron chi connectivity index (χ4n) is 3.06. The molecule has 0 unspecified atom stereocenters. The Labute approximate surface area is 157 Å². The molecular weight excluding hydrogens is 346 g/mol. The monoisotopic (exact) mass is 367 g/mol. The van der Waals surface area contributed by atoms with Crippen LogP contribution < -0.4 is 14.8 Å². The van der Waals surface area contributed by atoms with Crippen molar-refractivity contribution in [3.8, 4) is 11.5 Å². The zero-order chi connectivity index (χ0) is 19.4. The fourth-order valence-corrected chi connectivity index (χ4v) is 3.06. The molecule has 0 saturated carbocycles. The zero-order valence-corrected chi connectivity index (χ0v) is 15.4. The second-order valence-electron chi connectivity index (χ2n) is 6.06. The Hall–Kier alpha value is -3.35. The normalized spacial score (nSPS) is 19.4. The summed E-state index contributed by atoms with van der Waals surface area (Å²) in [5.74, 6) is 0.757. The van der Waals surface area contributed by atoms with Gasteiger partial charge in [-0.2, -0.15) is 5.10 Å². The third kappa shape index (κ3) is 3.36. The summed E-state index contributed by atoms with van der Waals surface area (Å²) in [7, 11) is 3.09. The van der Waals surface area contributed by atoms with Crippen molar-refractivity contribution < 1.29 is 19.1 Å². The quantitative estimate of drug-likeness (QED) is 0.629. The van der Waals surface area contributed by atoms with Gasteiger partial charge in [0.15, 0.2) is 0 Å². The molecule has 3 rings (SSSR count). The third-order valence-electron chi connectivity index (χ3n) is 4.56. The van der Waals surface area contributed by atoms with E-state index in [0.717, 1.165) is 10.6 Å². The number of hydrogen-bond donors (Lipinski definition) is 1. The predicted octanol–water partition coefficient (Wildman–Crippen LogP) is 2.90. The largest absolute Gasteiger partial charge is 0.497 e. The van der Waals surface area contributed by atoms with Gasteiger partial charge in [0.1, 0.15) is 17.0 Å². The van der Waals surface area contributed by atoms with E-state index in [1.807, 2.05) is 37.3 Å². The molecule has 0 aromatic heterocycles. The number of rotatable bonds is 6. The molecule has 0 spiro atoms. The molecule has 2 aromatic rings. The number of ether oxygens (including phenoxy) is 2. The molecule has 140 valence electrons. The Morgan fingerprint density at radius 1 is 1.07 bits per heavy atom. The SMILES string of the molecule is CC[C@]1(c2ccccc2)NC(=O)N(/N=C\c2cc(OC)cc(OC)c2)C1=O. The molecule has 1 aliphatic rings. The molecule has 0 aliphatic carbocycles. The maximum absolute atomic E-state index is 13.0. The van der Waals surface area contributed by atoms with Crippen LogP contribution in [0.15, 0.2) is 53.6 Å². The number of amides is 3. The highest BCUT2D eigenvalue weighted by atomic mass is 16.5. The van der Waals surface area contributed by atoms with E-state index < -0.39 is 17.5 Å². The molecule has 1 atom stereocenters. The summed E-state index contributed by atoms with van der Waals surface area (Å²) in [6.45, 7) is 1.85. The standard InChI is InChI=1S/C20H21N3O4/c1-4-20(15-8-6-5-7-9-15)18(24)23(19(25)22-20)21-13-14-10-16(26-2)12-17(11-14)27-3/h5-13H,4H2,1-3H3,(H,22,25)/b21-13-/t20-/m1/s1. The lowest BCUT2D eigenvalue weighted by atomic mass is 9.87. The van der Waals surface area contributed by atoms with Crippen LogP contribution in [0.3, 0.4) is 0 Å². The first-order valence-electron chi connectivity index (χ1n) is 8.53. The second-order valence-corrected chi connectivity index (χ2v) is 6.06. The molecule has 0 radical (unpaired) electrons. The molecule has 1 aliphatic heterocycles. The van der Waals surface area contributed by atoms with Gasteiger partial charge < -0.3 is 14.8 Å². The highest BCUT2D eigenvalue weighted by Gasteiger charge is 2.51. The Balaban J connectivity index is 1.91. The molecule has 1 heterocycles. The molecule has 7 nitrogen and oxygen atoms in total. The van der Waals surface area contributed by atoms with E-state index in [0.29, 0.717) is 23.5 Å². The van der Waals surface area contributed by atoms with Crippen molar-refractivity contribution in [3.05, 3.63) is 59.7 Å². The van der Waals surface area contributed by atoms with Crippen molar-refractivity contribution in [2.24, 2.45) is 5.10 Å². The third-order valence-corrected chi connectivity index (χ3v) is 4.56. The van der Waals surface area contributed by atoms with Crippen LogP contribution in [-0.4, -0.2) is 37.4 Å². The Bertz CT molecular complexity index is 860. The van der Waals surface area contributed by atoms with E-state index in [2.05, 4.69) is 10.4 Å². The van der Waals surface area contributed by atoms with E-state index in [1.54, 1.807) is 32.4 Å². The zero-order valence-electron chi connectivity index (χ0n) is 15.4. The summed E-state index contributed by atoms with van der Waals surface area (Å²) in [5, 5.41) is 7.76. The predicted molar refractivity (Wildman–Crippen MR) is 101 cm³/mol. The number of urea groups is 1. The van der Waals surface area contributed by atoms with Crippen molar-refractivity contribution in [1.29, 1.82) is 0 Å². The lowest BCUT2D eigenvalue weighted by Gasteiger charge is -2.24. The number of hydrogen-bond acceptors (Lipinski definition) is 5. The van der Waals surface area contributed by atoms with Gasteiger partial charge in [0, 0.05) is 11.6 Å². The smallest absolute Gasteiger partial charge is 0.346 e. The van der Waals surface area contributed by atoms with Gasteiger partial charge in [-0.3, -0.25) is 4.79 Å². The summed E-state index contributed by atoms with van der Waals surface area (Å²) in [6.07, 6.45) is 1.85. The Kier molecular flexibility index (Phi) is 5.12. The fraction of sp³-hybridized carbons (Fsp3) is 0.250. The lowest BCUT2D eigenvalue weighted by molar-refractivity contribution is -0.131. The van der Waals surface area contributed by atoms with E-state index in [9.17, 15) is 9.59 Å². The van der Waals surface area contributed by atoms with Crippen LogP contribution in [0.5, 0.6) is 11.5 Å². The molecule has 0 bridgehead atoms. The first-order valence-corrected chi connectivity index (χ1v) is 8.53. The number of methoxy groups -OCH3 is 2. The summed E-state index contributed by atoms with van der Waals surface area (Å²) in [6, 6.07) is 13.8. The van der Waals surface area contributed by atoms with Crippen LogP contribution in [0.1, 0.15) is 24.5 Å². The first-order chi connectivity index (χ1) is 13.0. The van der Waals surface area contributed by atoms with Gasteiger partial charge in [-0.05, 0) is 24.1 Å². The number of imide groups is 1. The molecule has 3 amide bonds. The minimum atomic E-state index is -1.11. The highest BCUT2D eigenvalue weighted by molar-refractivity contribution is 6.07. The number of nitrogens with zero attached hydrogens (tertiary/aromatic N) is 2. The van der Waals surface area contributed by atoms with Gasteiger partial charge in [0.2, 0.25) is 0 Å². The van der Waals surface area contributed by atoms with Crippen molar-refractivity contribution in [3.63, 3.8) is 0 Å². The number of hydrazone groups is 1. The van der Waals surface area contributed by atoms with Crippen molar-refractivity contribution in [2.75, 3.05) is 14.2 Å². The van der Waals surface area contributed by atoms with Crippen LogP contribution in [0.2, 0.25) is 0 Å². The van der Waals surface area contributed by atoms with Crippen LogP contribution in [0.25, 0.3) is 0 Å². The summed E-state index contributed by atoms with van der Waals surface area (Å²) < 4.78 is 10.4. The van der Waals surface area contributed by atoms with Crippen molar-refractivity contribution in [1.82, 2.24) is 10.3 Å². The Morgan fingerprint density at radius 3 is 2.26 bits per heavy atom.